The number of hydrogen-bond donors (Lipinski definition) is 1. The van der Waals surface area contributed by atoms with Gasteiger partial charge in [0, 0.05) is 26.2 Å². The summed E-state index contributed by atoms with van der Waals surface area (Å²) in [6.45, 7) is 1.46. The molecular formula is C24H26N2O4S. The van der Waals surface area contributed by atoms with E-state index in [1.54, 1.807) is 0 Å². The summed E-state index contributed by atoms with van der Waals surface area (Å²) in [6.07, 6.45) is 0. The molecule has 0 atom stereocenters. The van der Waals surface area contributed by atoms with E-state index in [1.165, 1.54) is 38.4 Å². The molecule has 31 heavy (non-hydrogen) atoms. The molecule has 1 amide bonds. The Morgan fingerprint density at radius 3 is 1.94 bits per heavy atom. The maximum absolute atomic E-state index is 12.4. The number of ether oxygens (including phenoxy) is 1. The molecular weight excluding hydrogens is 412 g/mol. The molecule has 7 heteroatoms. The molecule has 0 saturated carbocycles. The summed E-state index contributed by atoms with van der Waals surface area (Å²) < 4.78 is 31.1. The van der Waals surface area contributed by atoms with Gasteiger partial charge in [0.15, 0.2) is 0 Å². The van der Waals surface area contributed by atoms with Crippen LogP contribution in [-0.4, -0.2) is 32.7 Å². The lowest BCUT2D eigenvalue weighted by Gasteiger charge is -2.12. The SMILES string of the molecule is CN(C)S(=O)(=O)c1ccc(C(=O)NCc2ccc(COCc3ccccc3)cc2)cc1. The van der Waals surface area contributed by atoms with Crippen molar-refractivity contribution in [2.24, 2.45) is 0 Å². The minimum absolute atomic E-state index is 0.152. The summed E-state index contributed by atoms with van der Waals surface area (Å²) in [5, 5.41) is 2.85. The van der Waals surface area contributed by atoms with Crippen LogP contribution in [0.5, 0.6) is 0 Å². The van der Waals surface area contributed by atoms with Crippen LogP contribution in [0.1, 0.15) is 27.0 Å². The molecule has 0 aliphatic heterocycles. The molecule has 0 aliphatic carbocycles. The Balaban J connectivity index is 1.49. The molecule has 0 radical (unpaired) electrons. The third-order valence-electron chi connectivity index (χ3n) is 4.75. The number of carbonyl (C=O) groups excluding carboxylic acids is 1. The summed E-state index contributed by atoms with van der Waals surface area (Å²) in [5.41, 5.74) is 3.56. The zero-order valence-corrected chi connectivity index (χ0v) is 18.4. The number of nitrogens with one attached hydrogen (secondary N) is 1. The molecule has 1 N–H and O–H groups in total. The summed E-state index contributed by atoms with van der Waals surface area (Å²) in [7, 11) is -0.572. The van der Waals surface area contributed by atoms with Crippen molar-refractivity contribution in [1.82, 2.24) is 9.62 Å². The van der Waals surface area contributed by atoms with Crippen LogP contribution in [0.3, 0.4) is 0 Å². The Bertz CT molecular complexity index is 1090. The monoisotopic (exact) mass is 438 g/mol. The molecule has 3 aromatic carbocycles. The standard InChI is InChI=1S/C24H26N2O4S/c1-26(2)31(28,29)23-14-12-22(13-15-23)24(27)25-16-19-8-10-21(11-9-19)18-30-17-20-6-4-3-5-7-20/h3-15H,16-18H2,1-2H3,(H,25,27). The molecule has 3 rings (SSSR count). The van der Waals surface area contributed by atoms with Gasteiger partial charge in [0.2, 0.25) is 10.0 Å². The highest BCUT2D eigenvalue weighted by Crippen LogP contribution is 2.14. The van der Waals surface area contributed by atoms with Crippen molar-refractivity contribution in [2.75, 3.05) is 14.1 Å². The molecule has 0 saturated heterocycles. The van der Waals surface area contributed by atoms with Crippen molar-refractivity contribution in [1.29, 1.82) is 0 Å². The first-order valence-corrected chi connectivity index (χ1v) is 11.3. The third kappa shape index (κ3) is 6.24. The molecule has 162 valence electrons. The minimum atomic E-state index is -3.51. The van der Waals surface area contributed by atoms with Gasteiger partial charge in [-0.05, 0) is 41.0 Å². The predicted molar refractivity (Wildman–Crippen MR) is 120 cm³/mol. The van der Waals surface area contributed by atoms with E-state index < -0.39 is 10.0 Å². The molecule has 0 fully saturated rings. The maximum atomic E-state index is 12.4. The van der Waals surface area contributed by atoms with Gasteiger partial charge in [0.05, 0.1) is 18.1 Å². The fourth-order valence-electron chi connectivity index (χ4n) is 2.89. The molecule has 0 aromatic heterocycles. The Hall–Kier alpha value is -3.00. The average molecular weight is 439 g/mol. The lowest BCUT2D eigenvalue weighted by Crippen LogP contribution is -2.24. The molecule has 0 unspecified atom stereocenters. The fraction of sp³-hybridized carbons (Fsp3) is 0.208. The molecule has 6 nitrogen and oxygen atoms in total. The van der Waals surface area contributed by atoms with Gasteiger partial charge in [-0.1, -0.05) is 54.6 Å². The topological polar surface area (TPSA) is 75.7 Å². The highest BCUT2D eigenvalue weighted by atomic mass is 32.2. The van der Waals surface area contributed by atoms with Gasteiger partial charge in [0.25, 0.3) is 5.91 Å². The van der Waals surface area contributed by atoms with E-state index in [2.05, 4.69) is 5.32 Å². The lowest BCUT2D eigenvalue weighted by atomic mass is 10.1. The number of rotatable bonds is 9. The summed E-state index contributed by atoms with van der Waals surface area (Å²) in [6, 6.07) is 23.8. The first-order valence-electron chi connectivity index (χ1n) is 9.86. The maximum Gasteiger partial charge on any atom is 0.251 e. The van der Waals surface area contributed by atoms with E-state index in [-0.39, 0.29) is 10.8 Å². The zero-order valence-electron chi connectivity index (χ0n) is 17.6. The summed E-state index contributed by atoms with van der Waals surface area (Å²) in [4.78, 5) is 12.5. The van der Waals surface area contributed by atoms with Crippen LogP contribution in [0.2, 0.25) is 0 Å². The van der Waals surface area contributed by atoms with Crippen LogP contribution in [0.4, 0.5) is 0 Å². The second-order valence-corrected chi connectivity index (χ2v) is 9.44. The van der Waals surface area contributed by atoms with Crippen LogP contribution in [-0.2, 0) is 34.5 Å². The summed E-state index contributed by atoms with van der Waals surface area (Å²) >= 11 is 0. The normalized spacial score (nSPS) is 11.5. The quantitative estimate of drug-likeness (QED) is 0.554. The Labute approximate surface area is 183 Å². The molecule has 0 aliphatic rings. The zero-order chi connectivity index (χ0) is 22.3. The molecule has 3 aromatic rings. The van der Waals surface area contributed by atoms with Crippen molar-refractivity contribution < 1.29 is 17.9 Å². The van der Waals surface area contributed by atoms with Crippen LogP contribution < -0.4 is 5.32 Å². The summed E-state index contributed by atoms with van der Waals surface area (Å²) in [5.74, 6) is -0.260. The average Bonchev–Trinajstić information content (AvgIpc) is 2.79. The van der Waals surface area contributed by atoms with Crippen LogP contribution in [0.15, 0.2) is 83.8 Å². The van der Waals surface area contributed by atoms with Crippen molar-refractivity contribution >= 4 is 15.9 Å². The van der Waals surface area contributed by atoms with Gasteiger partial charge in [-0.25, -0.2) is 12.7 Å². The Morgan fingerprint density at radius 2 is 1.35 bits per heavy atom. The molecule has 0 spiro atoms. The predicted octanol–water partition coefficient (Wildman–Crippen LogP) is 3.58. The third-order valence-corrected chi connectivity index (χ3v) is 6.58. The minimum Gasteiger partial charge on any atom is -0.372 e. The smallest absolute Gasteiger partial charge is 0.251 e. The van der Waals surface area contributed by atoms with E-state index in [1.807, 2.05) is 54.6 Å². The number of amides is 1. The van der Waals surface area contributed by atoms with E-state index in [0.29, 0.717) is 25.3 Å². The van der Waals surface area contributed by atoms with E-state index in [0.717, 1.165) is 21.0 Å². The van der Waals surface area contributed by atoms with Crippen molar-refractivity contribution in [3.63, 3.8) is 0 Å². The van der Waals surface area contributed by atoms with Gasteiger partial charge in [-0.2, -0.15) is 0 Å². The van der Waals surface area contributed by atoms with Crippen LogP contribution in [0, 0.1) is 0 Å². The number of hydrogen-bond acceptors (Lipinski definition) is 4. The van der Waals surface area contributed by atoms with Gasteiger partial charge in [0.1, 0.15) is 0 Å². The fourth-order valence-corrected chi connectivity index (χ4v) is 3.79. The molecule has 0 heterocycles. The highest BCUT2D eigenvalue weighted by molar-refractivity contribution is 7.89. The van der Waals surface area contributed by atoms with Crippen LogP contribution in [0.25, 0.3) is 0 Å². The largest absolute Gasteiger partial charge is 0.372 e. The lowest BCUT2D eigenvalue weighted by molar-refractivity contribution is 0.0950. The van der Waals surface area contributed by atoms with E-state index >= 15 is 0 Å². The number of nitrogens with zero attached hydrogens (tertiary/aromatic N) is 1. The van der Waals surface area contributed by atoms with Crippen molar-refractivity contribution in [2.45, 2.75) is 24.7 Å². The van der Waals surface area contributed by atoms with E-state index in [9.17, 15) is 13.2 Å². The van der Waals surface area contributed by atoms with Crippen molar-refractivity contribution in [3.8, 4) is 0 Å². The number of sulfonamides is 1. The van der Waals surface area contributed by atoms with Gasteiger partial charge < -0.3 is 10.1 Å². The van der Waals surface area contributed by atoms with Gasteiger partial charge in [-0.3, -0.25) is 4.79 Å². The Morgan fingerprint density at radius 1 is 0.806 bits per heavy atom. The second-order valence-electron chi connectivity index (χ2n) is 7.29. The van der Waals surface area contributed by atoms with Gasteiger partial charge >= 0.3 is 0 Å². The van der Waals surface area contributed by atoms with Crippen LogP contribution >= 0.6 is 0 Å². The van der Waals surface area contributed by atoms with Gasteiger partial charge in [-0.15, -0.1) is 0 Å². The second kappa shape index (κ2) is 10.3. The van der Waals surface area contributed by atoms with E-state index in [4.69, 9.17) is 4.74 Å². The Kier molecular flexibility index (Phi) is 7.57. The van der Waals surface area contributed by atoms with Crippen molar-refractivity contribution in [3.05, 3.63) is 101 Å². The molecule has 0 bridgehead atoms. The highest BCUT2D eigenvalue weighted by Gasteiger charge is 2.17. The number of carbonyl (C=O) groups is 1. The number of benzene rings is 3. The first-order chi connectivity index (χ1) is 14.9. The first kappa shape index (κ1) is 22.7.